The van der Waals surface area contributed by atoms with E-state index in [0.717, 1.165) is 0 Å². The molecule has 0 radical (unpaired) electrons. The molecule has 2 amide bonds. The van der Waals surface area contributed by atoms with E-state index in [2.05, 4.69) is 10.6 Å². The van der Waals surface area contributed by atoms with E-state index in [1.165, 1.54) is 32.9 Å². The Balaban J connectivity index is 1.82. The second kappa shape index (κ2) is 10.8. The van der Waals surface area contributed by atoms with Crippen LogP contribution in [0.2, 0.25) is 0 Å². The Kier molecular flexibility index (Phi) is 8.10. The number of benzene rings is 2. The Hall–Kier alpha value is -3.68. The molecule has 0 saturated heterocycles. The monoisotopic (exact) mass is 412 g/mol. The van der Waals surface area contributed by atoms with Gasteiger partial charge in [0.25, 0.3) is 5.91 Å². The van der Waals surface area contributed by atoms with Crippen molar-refractivity contribution >= 4 is 29.3 Å². The second-order valence-corrected chi connectivity index (χ2v) is 6.59. The normalized spacial score (nSPS) is 12.2. The van der Waals surface area contributed by atoms with E-state index >= 15 is 0 Å². The summed E-state index contributed by atoms with van der Waals surface area (Å²) in [7, 11) is 0. The zero-order valence-electron chi connectivity index (χ0n) is 17.0. The molecule has 0 bridgehead atoms. The van der Waals surface area contributed by atoms with E-state index in [1.54, 1.807) is 36.4 Å². The average molecular weight is 412 g/mol. The zero-order chi connectivity index (χ0) is 22.1. The summed E-state index contributed by atoms with van der Waals surface area (Å²) in [6.07, 6.45) is -1.04. The molecule has 0 spiro atoms. The highest BCUT2D eigenvalue weighted by molar-refractivity contribution is 6.01. The summed E-state index contributed by atoms with van der Waals surface area (Å²) >= 11 is 0. The first-order valence-electron chi connectivity index (χ1n) is 9.36. The molecule has 30 heavy (non-hydrogen) atoms. The Bertz CT molecular complexity index is 896. The quantitative estimate of drug-likeness (QED) is 0.483. The lowest BCUT2D eigenvalue weighted by Crippen LogP contribution is -2.43. The number of carbonyl (C=O) groups excluding carboxylic acids is 4. The number of anilines is 1. The Morgan fingerprint density at radius 3 is 2.17 bits per heavy atom. The third-order valence-corrected chi connectivity index (χ3v) is 4.00. The molecular formula is C22H24N2O6. The number of ketones is 1. The minimum absolute atomic E-state index is 0.221. The topological polar surface area (TPSA) is 111 Å². The number of hydrogen-bond donors (Lipinski definition) is 2. The molecule has 0 saturated carbocycles. The molecule has 2 rings (SSSR count). The van der Waals surface area contributed by atoms with Crippen molar-refractivity contribution in [3.8, 4) is 5.75 Å². The van der Waals surface area contributed by atoms with Crippen molar-refractivity contribution < 1.29 is 28.7 Å². The summed E-state index contributed by atoms with van der Waals surface area (Å²) in [5, 5.41) is 5.07. The van der Waals surface area contributed by atoms with E-state index < -0.39 is 29.8 Å². The van der Waals surface area contributed by atoms with Gasteiger partial charge in [0.05, 0.1) is 0 Å². The van der Waals surface area contributed by atoms with Crippen LogP contribution in [0.3, 0.4) is 0 Å². The van der Waals surface area contributed by atoms with Crippen molar-refractivity contribution in [3.63, 3.8) is 0 Å². The summed E-state index contributed by atoms with van der Waals surface area (Å²) in [5.74, 6) is -1.31. The van der Waals surface area contributed by atoms with Gasteiger partial charge in [-0.25, -0.2) is 4.79 Å². The van der Waals surface area contributed by atoms with Crippen LogP contribution in [0.15, 0.2) is 54.6 Å². The minimum Gasteiger partial charge on any atom is -0.484 e. The van der Waals surface area contributed by atoms with Crippen LogP contribution in [0.4, 0.5) is 5.69 Å². The molecule has 0 aromatic heterocycles. The number of esters is 1. The molecular weight excluding hydrogens is 388 g/mol. The Labute approximate surface area is 174 Å². The van der Waals surface area contributed by atoms with Gasteiger partial charge in [0.1, 0.15) is 11.8 Å². The van der Waals surface area contributed by atoms with Crippen LogP contribution in [-0.2, 0) is 19.1 Å². The summed E-state index contributed by atoms with van der Waals surface area (Å²) in [6, 6.07) is 14.1. The third-order valence-electron chi connectivity index (χ3n) is 4.00. The third kappa shape index (κ3) is 7.05. The maximum Gasteiger partial charge on any atom is 0.329 e. The number of hydrogen-bond acceptors (Lipinski definition) is 6. The van der Waals surface area contributed by atoms with E-state index in [9.17, 15) is 19.2 Å². The smallest absolute Gasteiger partial charge is 0.329 e. The molecule has 0 aliphatic rings. The van der Waals surface area contributed by atoms with Crippen molar-refractivity contribution in [2.24, 2.45) is 0 Å². The molecule has 2 N–H and O–H groups in total. The molecule has 0 unspecified atom stereocenters. The van der Waals surface area contributed by atoms with Crippen LogP contribution in [0.5, 0.6) is 5.75 Å². The van der Waals surface area contributed by atoms with Crippen LogP contribution < -0.4 is 15.4 Å². The first-order valence-corrected chi connectivity index (χ1v) is 9.36. The molecule has 8 heteroatoms. The van der Waals surface area contributed by atoms with E-state index in [1.807, 2.05) is 6.07 Å². The number of carbonyl (C=O) groups is 4. The number of rotatable bonds is 9. The predicted molar refractivity (Wildman–Crippen MR) is 110 cm³/mol. The molecule has 0 fully saturated rings. The number of ether oxygens (including phenoxy) is 2. The van der Waals surface area contributed by atoms with Crippen LogP contribution in [0.1, 0.15) is 31.1 Å². The van der Waals surface area contributed by atoms with Gasteiger partial charge in [0.2, 0.25) is 11.7 Å². The molecule has 0 aliphatic carbocycles. The summed E-state index contributed by atoms with van der Waals surface area (Å²) in [6.45, 7) is 4.04. The highest BCUT2D eigenvalue weighted by Gasteiger charge is 2.24. The van der Waals surface area contributed by atoms with Crippen LogP contribution >= 0.6 is 0 Å². The van der Waals surface area contributed by atoms with Gasteiger partial charge >= 0.3 is 5.97 Å². The van der Waals surface area contributed by atoms with E-state index in [4.69, 9.17) is 9.47 Å². The zero-order valence-corrected chi connectivity index (χ0v) is 17.0. The predicted octanol–water partition coefficient (Wildman–Crippen LogP) is 2.34. The summed E-state index contributed by atoms with van der Waals surface area (Å²) in [4.78, 5) is 47.6. The fourth-order valence-corrected chi connectivity index (χ4v) is 2.49. The SMILES string of the molecule is CC(=O)Nc1ccc(C(=O)[C@H](C)OC(=O)[C@H](C)NC(=O)COc2ccccc2)cc1. The molecule has 0 aliphatic heterocycles. The standard InChI is InChI=1S/C22H24N2O6/c1-14(23-20(26)13-29-19-7-5-4-6-8-19)22(28)30-15(2)21(27)17-9-11-18(12-10-17)24-16(3)25/h4-12,14-15H,13H2,1-3H3,(H,23,26)(H,24,25)/t14-,15-/m0/s1. The molecule has 2 aromatic carbocycles. The molecule has 158 valence electrons. The Morgan fingerprint density at radius 1 is 0.933 bits per heavy atom. The molecule has 0 heterocycles. The molecule has 2 aromatic rings. The van der Waals surface area contributed by atoms with Gasteiger partial charge < -0.3 is 20.1 Å². The number of nitrogens with one attached hydrogen (secondary N) is 2. The van der Waals surface area contributed by atoms with Crippen molar-refractivity contribution in [1.82, 2.24) is 5.32 Å². The van der Waals surface area contributed by atoms with Crippen LogP contribution in [0.25, 0.3) is 0 Å². The van der Waals surface area contributed by atoms with Gasteiger partial charge in [-0.1, -0.05) is 18.2 Å². The van der Waals surface area contributed by atoms with Crippen molar-refractivity contribution in [2.75, 3.05) is 11.9 Å². The first-order chi connectivity index (χ1) is 14.3. The fourth-order valence-electron chi connectivity index (χ4n) is 2.49. The van der Waals surface area contributed by atoms with Crippen LogP contribution in [-0.4, -0.2) is 42.3 Å². The highest BCUT2D eigenvalue weighted by Crippen LogP contribution is 2.13. The fraction of sp³-hybridized carbons (Fsp3) is 0.273. The molecule has 8 nitrogen and oxygen atoms in total. The number of para-hydroxylation sites is 1. The average Bonchev–Trinajstić information content (AvgIpc) is 2.72. The summed E-state index contributed by atoms with van der Waals surface area (Å²) in [5.41, 5.74) is 0.884. The van der Waals surface area contributed by atoms with Crippen molar-refractivity contribution in [2.45, 2.75) is 32.9 Å². The lowest BCUT2D eigenvalue weighted by molar-refractivity contribution is -0.150. The number of amides is 2. The van der Waals surface area contributed by atoms with Crippen LogP contribution in [0, 0.1) is 0 Å². The minimum atomic E-state index is -1.04. The van der Waals surface area contributed by atoms with Gasteiger partial charge in [-0.15, -0.1) is 0 Å². The van der Waals surface area contributed by atoms with Gasteiger partial charge in [-0.2, -0.15) is 0 Å². The summed E-state index contributed by atoms with van der Waals surface area (Å²) < 4.78 is 10.5. The van der Waals surface area contributed by atoms with Gasteiger partial charge in [0, 0.05) is 18.2 Å². The second-order valence-electron chi connectivity index (χ2n) is 6.59. The van der Waals surface area contributed by atoms with Crippen molar-refractivity contribution in [3.05, 3.63) is 60.2 Å². The van der Waals surface area contributed by atoms with Gasteiger partial charge in [-0.05, 0) is 50.2 Å². The maximum atomic E-state index is 12.4. The van der Waals surface area contributed by atoms with Gasteiger partial charge in [-0.3, -0.25) is 14.4 Å². The lowest BCUT2D eigenvalue weighted by atomic mass is 10.1. The van der Waals surface area contributed by atoms with E-state index in [-0.39, 0.29) is 12.5 Å². The van der Waals surface area contributed by atoms with E-state index in [0.29, 0.717) is 17.0 Å². The number of Topliss-reactive ketones (excluding diaryl/α,β-unsaturated/α-hetero) is 1. The molecule has 2 atom stereocenters. The van der Waals surface area contributed by atoms with Gasteiger partial charge in [0.15, 0.2) is 12.7 Å². The lowest BCUT2D eigenvalue weighted by Gasteiger charge is -2.17. The van der Waals surface area contributed by atoms with Crippen molar-refractivity contribution in [1.29, 1.82) is 0 Å². The largest absolute Gasteiger partial charge is 0.484 e. The Morgan fingerprint density at radius 2 is 1.57 bits per heavy atom. The maximum absolute atomic E-state index is 12.4. The highest BCUT2D eigenvalue weighted by atomic mass is 16.5. The first kappa shape index (κ1) is 22.6.